The first-order valence-corrected chi connectivity index (χ1v) is 9.83. The van der Waals surface area contributed by atoms with Crippen molar-refractivity contribution in [2.45, 2.75) is 32.2 Å². The summed E-state index contributed by atoms with van der Waals surface area (Å²) in [6.45, 7) is 3.86. The smallest absolute Gasteiger partial charge is 0.219 e. The van der Waals surface area contributed by atoms with Gasteiger partial charge in [-0.15, -0.1) is 0 Å². The van der Waals surface area contributed by atoms with E-state index in [0.29, 0.717) is 12.5 Å². The molecule has 1 amide bonds. The minimum atomic E-state index is 0.147. The van der Waals surface area contributed by atoms with Crippen LogP contribution in [-0.4, -0.2) is 43.5 Å². The Kier molecular flexibility index (Phi) is 5.07. The highest BCUT2D eigenvalue weighted by molar-refractivity contribution is 9.10. The molecule has 0 aliphatic carbocycles. The van der Waals surface area contributed by atoms with Crippen molar-refractivity contribution in [3.8, 4) is 0 Å². The number of rotatable bonds is 4. The van der Waals surface area contributed by atoms with Crippen LogP contribution in [0.3, 0.4) is 0 Å². The van der Waals surface area contributed by atoms with Gasteiger partial charge in [0.1, 0.15) is 5.82 Å². The number of fused-ring (bicyclic) bond motifs is 1. The maximum atomic E-state index is 11.6. The number of nitrogens with zero attached hydrogens (tertiary/aromatic N) is 5. The van der Waals surface area contributed by atoms with Gasteiger partial charge in [-0.2, -0.15) is 9.61 Å². The van der Waals surface area contributed by atoms with Crippen molar-refractivity contribution < 1.29 is 4.79 Å². The molecule has 0 aromatic carbocycles. The molecule has 4 heterocycles. The van der Waals surface area contributed by atoms with E-state index < -0.39 is 0 Å². The van der Waals surface area contributed by atoms with E-state index in [2.05, 4.69) is 37.4 Å². The Bertz CT molecular complexity index is 949. The fourth-order valence-corrected chi connectivity index (χ4v) is 3.82. The average Bonchev–Trinajstić information content (AvgIpc) is 3.08. The summed E-state index contributed by atoms with van der Waals surface area (Å²) in [6.07, 6.45) is 7.24. The quantitative estimate of drug-likeness (QED) is 0.690. The van der Waals surface area contributed by atoms with Gasteiger partial charge in [0.05, 0.1) is 10.7 Å². The second-order valence-corrected chi connectivity index (χ2v) is 7.64. The van der Waals surface area contributed by atoms with Crippen molar-refractivity contribution in [1.29, 1.82) is 0 Å². The maximum absolute atomic E-state index is 11.6. The van der Waals surface area contributed by atoms with E-state index >= 15 is 0 Å². The predicted molar refractivity (Wildman–Crippen MR) is 106 cm³/mol. The van der Waals surface area contributed by atoms with Gasteiger partial charge in [0.15, 0.2) is 5.65 Å². The molecule has 0 bridgehead atoms. The lowest BCUT2D eigenvalue weighted by molar-refractivity contribution is -0.129. The van der Waals surface area contributed by atoms with Crippen LogP contribution < -0.4 is 5.32 Å². The number of carbonyl (C=O) groups excluding carboxylic acids is 1. The number of halogens is 1. The Labute approximate surface area is 165 Å². The number of nitrogens with one attached hydrogen (secondary N) is 1. The van der Waals surface area contributed by atoms with E-state index in [9.17, 15) is 4.79 Å². The summed E-state index contributed by atoms with van der Waals surface area (Å²) in [7, 11) is 0. The van der Waals surface area contributed by atoms with Crippen LogP contribution in [-0.2, 0) is 11.3 Å². The molecule has 1 aliphatic rings. The standard InChI is InChI=1S/C19H21BrN6O/c1-13(27)25-7-4-15(5-8-25)17-9-18(22-11-14-3-2-6-21-10-14)26-19(24-17)16(20)12-23-26/h2-3,6,9-10,12,15,22H,4-5,7-8,11H2,1H3. The maximum Gasteiger partial charge on any atom is 0.219 e. The van der Waals surface area contributed by atoms with Gasteiger partial charge in [-0.05, 0) is 40.4 Å². The molecule has 1 N–H and O–H groups in total. The molecule has 27 heavy (non-hydrogen) atoms. The molecule has 0 saturated carbocycles. The van der Waals surface area contributed by atoms with Crippen molar-refractivity contribution in [3.63, 3.8) is 0 Å². The molecule has 1 fully saturated rings. The minimum Gasteiger partial charge on any atom is -0.366 e. The lowest BCUT2D eigenvalue weighted by atomic mass is 9.93. The fraction of sp³-hybridized carbons (Fsp3) is 0.368. The first kappa shape index (κ1) is 17.9. The van der Waals surface area contributed by atoms with Gasteiger partial charge in [0, 0.05) is 56.6 Å². The number of anilines is 1. The van der Waals surface area contributed by atoms with Crippen molar-refractivity contribution in [1.82, 2.24) is 24.5 Å². The highest BCUT2D eigenvalue weighted by Gasteiger charge is 2.24. The highest BCUT2D eigenvalue weighted by Crippen LogP contribution is 2.30. The zero-order chi connectivity index (χ0) is 18.8. The Morgan fingerprint density at radius 1 is 1.33 bits per heavy atom. The second kappa shape index (κ2) is 7.64. The second-order valence-electron chi connectivity index (χ2n) is 6.79. The van der Waals surface area contributed by atoms with E-state index in [1.54, 1.807) is 19.3 Å². The molecule has 1 saturated heterocycles. The molecular formula is C19H21BrN6O. The third kappa shape index (κ3) is 3.80. The first-order chi connectivity index (χ1) is 13.1. The van der Waals surface area contributed by atoms with Crippen LogP contribution in [0.4, 0.5) is 5.82 Å². The lowest BCUT2D eigenvalue weighted by Crippen LogP contribution is -2.36. The third-order valence-electron chi connectivity index (χ3n) is 5.00. The van der Waals surface area contributed by atoms with Gasteiger partial charge in [-0.1, -0.05) is 6.07 Å². The molecular weight excluding hydrogens is 408 g/mol. The van der Waals surface area contributed by atoms with Gasteiger partial charge in [0.25, 0.3) is 0 Å². The van der Waals surface area contributed by atoms with Crippen LogP contribution in [0.25, 0.3) is 5.65 Å². The number of piperidine rings is 1. The summed E-state index contributed by atoms with van der Waals surface area (Å²) in [4.78, 5) is 22.5. The van der Waals surface area contributed by atoms with Crippen LogP contribution in [0, 0.1) is 0 Å². The number of likely N-dealkylation sites (tertiary alicyclic amines) is 1. The van der Waals surface area contributed by atoms with Crippen LogP contribution in [0.2, 0.25) is 0 Å². The van der Waals surface area contributed by atoms with Gasteiger partial charge in [-0.3, -0.25) is 9.78 Å². The van der Waals surface area contributed by atoms with Gasteiger partial charge in [-0.25, -0.2) is 4.98 Å². The number of hydrogen-bond acceptors (Lipinski definition) is 5. The van der Waals surface area contributed by atoms with Crippen LogP contribution >= 0.6 is 15.9 Å². The molecule has 140 valence electrons. The number of aromatic nitrogens is 4. The molecule has 3 aromatic rings. The SMILES string of the molecule is CC(=O)N1CCC(c2cc(NCc3cccnc3)n3ncc(Br)c3n2)CC1. The van der Waals surface area contributed by atoms with Crippen molar-refractivity contribution >= 4 is 33.3 Å². The summed E-state index contributed by atoms with van der Waals surface area (Å²) in [6, 6.07) is 6.05. The van der Waals surface area contributed by atoms with E-state index in [4.69, 9.17) is 4.98 Å². The van der Waals surface area contributed by atoms with Gasteiger partial charge >= 0.3 is 0 Å². The monoisotopic (exact) mass is 428 g/mol. The molecule has 7 nitrogen and oxygen atoms in total. The number of hydrogen-bond donors (Lipinski definition) is 1. The fourth-order valence-electron chi connectivity index (χ4n) is 3.48. The van der Waals surface area contributed by atoms with Crippen LogP contribution in [0.5, 0.6) is 0 Å². The summed E-state index contributed by atoms with van der Waals surface area (Å²) in [5.74, 6) is 1.39. The van der Waals surface area contributed by atoms with Crippen LogP contribution in [0.15, 0.2) is 41.3 Å². The molecule has 0 spiro atoms. The van der Waals surface area contributed by atoms with Crippen LogP contribution in [0.1, 0.15) is 36.9 Å². The Morgan fingerprint density at radius 2 is 2.15 bits per heavy atom. The lowest BCUT2D eigenvalue weighted by Gasteiger charge is -2.31. The zero-order valence-corrected chi connectivity index (χ0v) is 16.7. The summed E-state index contributed by atoms with van der Waals surface area (Å²) in [5.41, 5.74) is 2.95. The van der Waals surface area contributed by atoms with Crippen molar-refractivity contribution in [3.05, 3.63) is 52.5 Å². The Morgan fingerprint density at radius 3 is 2.85 bits per heavy atom. The van der Waals surface area contributed by atoms with Gasteiger partial charge < -0.3 is 10.2 Å². The van der Waals surface area contributed by atoms with Gasteiger partial charge in [0.2, 0.25) is 5.91 Å². The van der Waals surface area contributed by atoms with E-state index in [1.807, 2.05) is 27.7 Å². The largest absolute Gasteiger partial charge is 0.366 e. The molecule has 8 heteroatoms. The topological polar surface area (TPSA) is 75.4 Å². The summed E-state index contributed by atoms with van der Waals surface area (Å²) in [5, 5.41) is 7.89. The Hall–Kier alpha value is -2.48. The number of pyridine rings is 1. The van der Waals surface area contributed by atoms with E-state index in [-0.39, 0.29) is 5.91 Å². The van der Waals surface area contributed by atoms with Crippen molar-refractivity contribution in [2.24, 2.45) is 0 Å². The van der Waals surface area contributed by atoms with Crippen molar-refractivity contribution in [2.75, 3.05) is 18.4 Å². The van der Waals surface area contributed by atoms with E-state index in [1.165, 1.54) is 0 Å². The third-order valence-corrected chi connectivity index (χ3v) is 5.56. The molecule has 0 atom stereocenters. The molecule has 3 aromatic heterocycles. The number of amides is 1. The normalized spacial score (nSPS) is 15.3. The summed E-state index contributed by atoms with van der Waals surface area (Å²) >= 11 is 3.55. The molecule has 0 radical (unpaired) electrons. The minimum absolute atomic E-state index is 0.147. The first-order valence-electron chi connectivity index (χ1n) is 9.04. The average molecular weight is 429 g/mol. The Balaban J connectivity index is 1.60. The number of carbonyl (C=O) groups is 1. The predicted octanol–water partition coefficient (Wildman–Crippen LogP) is 3.22. The molecule has 0 unspecified atom stereocenters. The summed E-state index contributed by atoms with van der Waals surface area (Å²) < 4.78 is 2.68. The molecule has 1 aliphatic heterocycles. The zero-order valence-electron chi connectivity index (χ0n) is 15.1. The van der Waals surface area contributed by atoms with E-state index in [0.717, 1.165) is 53.1 Å². The highest BCUT2D eigenvalue weighted by atomic mass is 79.9. The molecule has 4 rings (SSSR count).